The van der Waals surface area contributed by atoms with Crippen molar-refractivity contribution in [2.75, 3.05) is 5.32 Å². The number of nitrogens with zero attached hydrogens (tertiary/aromatic N) is 1. The fraction of sp³-hybridized carbons (Fsp3) is 0.462. The Balaban J connectivity index is 2.24. The van der Waals surface area contributed by atoms with E-state index in [4.69, 9.17) is 5.73 Å². The summed E-state index contributed by atoms with van der Waals surface area (Å²) < 4.78 is 0.643. The molecule has 0 bridgehead atoms. The molecule has 6 nitrogen and oxygen atoms in total. The Kier molecular flexibility index (Phi) is 4.59. The maximum Gasteiger partial charge on any atom is 0.293 e. The lowest BCUT2D eigenvalue weighted by atomic mass is 9.84. The second-order valence-electron chi connectivity index (χ2n) is 4.96. The highest BCUT2D eigenvalue weighted by Gasteiger charge is 2.30. The third kappa shape index (κ3) is 3.27. The number of carbonyl (C=O) groups excluding carboxylic acids is 1. The molecule has 7 heteroatoms. The third-order valence-corrected chi connectivity index (χ3v) is 4.12. The van der Waals surface area contributed by atoms with Gasteiger partial charge in [0.05, 0.1) is 10.8 Å². The minimum Gasteiger partial charge on any atom is -0.376 e. The molecule has 0 saturated heterocycles. The standard InChI is InChI=1S/C13H16BrN3O3/c14-8-5-6-11(12(7-8)17(19)20)16-10-4-2-1-3-9(10)13(15)18/h5-7,9-10,16H,1-4H2,(H2,15,18). The van der Waals surface area contributed by atoms with Gasteiger partial charge in [-0.2, -0.15) is 0 Å². The number of nitro groups is 1. The van der Waals surface area contributed by atoms with Crippen LogP contribution in [0.2, 0.25) is 0 Å². The number of carbonyl (C=O) groups is 1. The van der Waals surface area contributed by atoms with Crippen molar-refractivity contribution < 1.29 is 9.72 Å². The first kappa shape index (κ1) is 14.8. The van der Waals surface area contributed by atoms with Gasteiger partial charge in [-0.3, -0.25) is 14.9 Å². The Bertz CT molecular complexity index is 536. The van der Waals surface area contributed by atoms with E-state index in [1.807, 2.05) is 0 Å². The Hall–Kier alpha value is -1.63. The summed E-state index contributed by atoms with van der Waals surface area (Å²) in [6.07, 6.45) is 3.48. The maximum atomic E-state index is 11.5. The molecule has 0 aliphatic heterocycles. The Morgan fingerprint density at radius 3 is 2.75 bits per heavy atom. The van der Waals surface area contributed by atoms with E-state index in [2.05, 4.69) is 21.2 Å². The molecule has 1 amide bonds. The maximum absolute atomic E-state index is 11.5. The number of nitrogens with one attached hydrogen (secondary N) is 1. The molecule has 0 spiro atoms. The monoisotopic (exact) mass is 341 g/mol. The first-order valence-corrected chi connectivity index (χ1v) is 7.28. The molecule has 0 aromatic heterocycles. The van der Waals surface area contributed by atoms with Crippen LogP contribution in [0, 0.1) is 16.0 Å². The van der Waals surface area contributed by atoms with Crippen molar-refractivity contribution in [1.82, 2.24) is 0 Å². The van der Waals surface area contributed by atoms with Crippen molar-refractivity contribution >= 4 is 33.2 Å². The largest absolute Gasteiger partial charge is 0.376 e. The van der Waals surface area contributed by atoms with Crippen LogP contribution in [0.1, 0.15) is 25.7 Å². The normalized spacial score (nSPS) is 22.2. The molecule has 2 unspecified atom stereocenters. The number of halogens is 1. The van der Waals surface area contributed by atoms with Gasteiger partial charge in [0.2, 0.25) is 5.91 Å². The van der Waals surface area contributed by atoms with Gasteiger partial charge in [-0.25, -0.2) is 0 Å². The van der Waals surface area contributed by atoms with Crippen LogP contribution in [0.3, 0.4) is 0 Å². The fourth-order valence-corrected chi connectivity index (χ4v) is 2.97. The molecule has 20 heavy (non-hydrogen) atoms. The second-order valence-corrected chi connectivity index (χ2v) is 5.88. The number of rotatable bonds is 4. The Labute approximate surface area is 125 Å². The lowest BCUT2D eigenvalue weighted by Gasteiger charge is -2.30. The van der Waals surface area contributed by atoms with Gasteiger partial charge in [-0.1, -0.05) is 28.8 Å². The van der Waals surface area contributed by atoms with Gasteiger partial charge in [0.25, 0.3) is 5.69 Å². The summed E-state index contributed by atoms with van der Waals surface area (Å²) in [6.45, 7) is 0. The van der Waals surface area contributed by atoms with Crippen LogP contribution in [0.5, 0.6) is 0 Å². The van der Waals surface area contributed by atoms with Crippen molar-refractivity contribution in [1.29, 1.82) is 0 Å². The van der Waals surface area contributed by atoms with Crippen molar-refractivity contribution in [3.63, 3.8) is 0 Å². The van der Waals surface area contributed by atoms with Crippen LogP contribution in [-0.2, 0) is 4.79 Å². The number of nitrogens with two attached hydrogens (primary N) is 1. The highest BCUT2D eigenvalue weighted by Crippen LogP contribution is 2.32. The van der Waals surface area contributed by atoms with Crippen molar-refractivity contribution in [3.8, 4) is 0 Å². The van der Waals surface area contributed by atoms with Crippen molar-refractivity contribution in [2.24, 2.45) is 11.7 Å². The fourth-order valence-electron chi connectivity index (χ4n) is 2.62. The zero-order chi connectivity index (χ0) is 14.7. The molecule has 2 rings (SSSR count). The first-order valence-electron chi connectivity index (χ1n) is 6.49. The average molecular weight is 342 g/mol. The van der Waals surface area contributed by atoms with E-state index in [0.717, 1.165) is 25.7 Å². The molecule has 1 saturated carbocycles. The summed E-state index contributed by atoms with van der Waals surface area (Å²) in [7, 11) is 0. The summed E-state index contributed by atoms with van der Waals surface area (Å²) >= 11 is 3.22. The zero-order valence-corrected chi connectivity index (χ0v) is 12.4. The number of amides is 1. The van der Waals surface area contributed by atoms with E-state index in [0.29, 0.717) is 10.2 Å². The minimum atomic E-state index is -0.435. The predicted molar refractivity (Wildman–Crippen MR) is 79.4 cm³/mol. The SMILES string of the molecule is NC(=O)C1CCCCC1Nc1ccc(Br)cc1[N+](=O)[O-]. The predicted octanol–water partition coefficient (Wildman–Crippen LogP) is 2.81. The zero-order valence-electron chi connectivity index (χ0n) is 10.8. The van der Waals surface area contributed by atoms with E-state index in [-0.39, 0.29) is 23.6 Å². The molecule has 0 radical (unpaired) electrons. The number of nitro benzene ring substituents is 1. The molecular formula is C13H16BrN3O3. The van der Waals surface area contributed by atoms with Gasteiger partial charge < -0.3 is 11.1 Å². The van der Waals surface area contributed by atoms with Gasteiger partial charge in [-0.05, 0) is 25.0 Å². The van der Waals surface area contributed by atoms with Gasteiger partial charge >= 0.3 is 0 Å². The summed E-state index contributed by atoms with van der Waals surface area (Å²) in [6, 6.07) is 4.69. The van der Waals surface area contributed by atoms with E-state index >= 15 is 0 Å². The Morgan fingerprint density at radius 2 is 2.10 bits per heavy atom. The number of hydrogen-bond donors (Lipinski definition) is 2. The summed E-state index contributed by atoms with van der Waals surface area (Å²) in [5.74, 6) is -0.617. The van der Waals surface area contributed by atoms with Crippen LogP contribution in [-0.4, -0.2) is 16.9 Å². The van der Waals surface area contributed by atoms with Crippen LogP contribution in [0.4, 0.5) is 11.4 Å². The summed E-state index contributed by atoms with van der Waals surface area (Å²) in [4.78, 5) is 22.1. The number of hydrogen-bond acceptors (Lipinski definition) is 4. The number of primary amides is 1. The minimum absolute atomic E-state index is 0.00633. The third-order valence-electron chi connectivity index (χ3n) is 3.63. The molecule has 1 aliphatic rings. The molecule has 1 aromatic rings. The van der Waals surface area contributed by atoms with Crippen molar-refractivity contribution in [2.45, 2.75) is 31.7 Å². The molecule has 1 aliphatic carbocycles. The lowest BCUT2D eigenvalue weighted by molar-refractivity contribution is -0.384. The smallest absolute Gasteiger partial charge is 0.293 e. The quantitative estimate of drug-likeness (QED) is 0.649. The average Bonchev–Trinajstić information content (AvgIpc) is 2.41. The van der Waals surface area contributed by atoms with Gasteiger partial charge in [-0.15, -0.1) is 0 Å². The highest BCUT2D eigenvalue weighted by atomic mass is 79.9. The summed E-state index contributed by atoms with van der Waals surface area (Å²) in [5.41, 5.74) is 5.83. The van der Waals surface area contributed by atoms with Gasteiger partial charge in [0, 0.05) is 16.6 Å². The lowest BCUT2D eigenvalue weighted by Crippen LogP contribution is -2.40. The topological polar surface area (TPSA) is 98.3 Å². The summed E-state index contributed by atoms with van der Waals surface area (Å²) in [5, 5.41) is 14.2. The van der Waals surface area contributed by atoms with E-state index in [1.165, 1.54) is 6.07 Å². The van der Waals surface area contributed by atoms with Crippen LogP contribution in [0.15, 0.2) is 22.7 Å². The number of anilines is 1. The highest BCUT2D eigenvalue weighted by molar-refractivity contribution is 9.10. The molecule has 108 valence electrons. The molecular weight excluding hydrogens is 326 g/mol. The Morgan fingerprint density at radius 1 is 1.40 bits per heavy atom. The van der Waals surface area contributed by atoms with Crippen LogP contribution >= 0.6 is 15.9 Å². The molecule has 1 aromatic carbocycles. The first-order chi connectivity index (χ1) is 9.49. The number of benzene rings is 1. The molecule has 1 fully saturated rings. The molecule has 3 N–H and O–H groups in total. The van der Waals surface area contributed by atoms with E-state index < -0.39 is 4.92 Å². The van der Waals surface area contributed by atoms with Crippen LogP contribution < -0.4 is 11.1 Å². The second kappa shape index (κ2) is 6.21. The van der Waals surface area contributed by atoms with Gasteiger partial charge in [0.1, 0.15) is 5.69 Å². The van der Waals surface area contributed by atoms with E-state index in [9.17, 15) is 14.9 Å². The molecule has 0 heterocycles. The van der Waals surface area contributed by atoms with E-state index in [1.54, 1.807) is 12.1 Å². The van der Waals surface area contributed by atoms with Gasteiger partial charge in [0.15, 0.2) is 0 Å². The van der Waals surface area contributed by atoms with Crippen molar-refractivity contribution in [3.05, 3.63) is 32.8 Å². The van der Waals surface area contributed by atoms with Crippen LogP contribution in [0.25, 0.3) is 0 Å². The molecule has 2 atom stereocenters.